The van der Waals surface area contributed by atoms with Crippen LogP contribution in [-0.4, -0.2) is 30.7 Å². The molecule has 1 saturated heterocycles. The average Bonchev–Trinajstić information content (AvgIpc) is 3.23. The SMILES string of the molecule is COc1ccc(C(=O)C2=C3C(=O)N(c4ccc(C)cc4)C(=O)[C@@H]3NN2)cc1. The first-order valence-corrected chi connectivity index (χ1v) is 8.40. The van der Waals surface area contributed by atoms with Gasteiger partial charge in [0.05, 0.1) is 18.4 Å². The largest absolute Gasteiger partial charge is 0.497 e. The summed E-state index contributed by atoms with van der Waals surface area (Å²) in [5.41, 5.74) is 7.59. The fraction of sp³-hybridized carbons (Fsp3) is 0.150. The van der Waals surface area contributed by atoms with Crippen molar-refractivity contribution in [2.75, 3.05) is 12.0 Å². The number of anilines is 1. The summed E-state index contributed by atoms with van der Waals surface area (Å²) < 4.78 is 5.09. The molecular formula is C20H17N3O4. The maximum atomic E-state index is 12.9. The molecule has 7 heteroatoms. The van der Waals surface area contributed by atoms with Gasteiger partial charge in [-0.05, 0) is 43.3 Å². The van der Waals surface area contributed by atoms with Crippen LogP contribution in [-0.2, 0) is 9.59 Å². The van der Waals surface area contributed by atoms with E-state index in [9.17, 15) is 14.4 Å². The predicted molar refractivity (Wildman–Crippen MR) is 98.1 cm³/mol. The minimum atomic E-state index is -0.879. The number of hydrogen-bond donors (Lipinski definition) is 2. The zero-order valence-corrected chi connectivity index (χ0v) is 14.8. The number of nitrogens with one attached hydrogen (secondary N) is 2. The molecule has 27 heavy (non-hydrogen) atoms. The molecule has 4 rings (SSSR count). The lowest BCUT2D eigenvalue weighted by Gasteiger charge is -2.16. The van der Waals surface area contributed by atoms with E-state index in [1.54, 1.807) is 36.4 Å². The topological polar surface area (TPSA) is 87.7 Å². The number of benzene rings is 2. The maximum Gasteiger partial charge on any atom is 0.265 e. The van der Waals surface area contributed by atoms with Crippen molar-refractivity contribution < 1.29 is 19.1 Å². The lowest BCUT2D eigenvalue weighted by atomic mass is 10.0. The van der Waals surface area contributed by atoms with E-state index in [0.717, 1.165) is 10.5 Å². The van der Waals surface area contributed by atoms with Gasteiger partial charge < -0.3 is 10.2 Å². The molecule has 2 aromatic carbocycles. The Balaban J connectivity index is 1.70. The number of amides is 2. The number of rotatable bonds is 4. The Morgan fingerprint density at radius 1 is 1.04 bits per heavy atom. The monoisotopic (exact) mass is 363 g/mol. The van der Waals surface area contributed by atoms with Crippen LogP contribution in [0.25, 0.3) is 0 Å². The summed E-state index contributed by atoms with van der Waals surface area (Å²) in [4.78, 5) is 39.6. The first-order chi connectivity index (χ1) is 13.0. The number of hydrogen-bond acceptors (Lipinski definition) is 6. The lowest BCUT2D eigenvalue weighted by molar-refractivity contribution is -0.121. The number of carbonyl (C=O) groups excluding carboxylic acids is 3. The van der Waals surface area contributed by atoms with Crippen molar-refractivity contribution in [2.24, 2.45) is 0 Å². The van der Waals surface area contributed by atoms with E-state index in [0.29, 0.717) is 17.0 Å². The minimum absolute atomic E-state index is 0.0955. The van der Waals surface area contributed by atoms with E-state index in [-0.39, 0.29) is 17.1 Å². The molecule has 0 aliphatic carbocycles. The molecule has 2 N–H and O–H groups in total. The van der Waals surface area contributed by atoms with E-state index in [2.05, 4.69) is 10.9 Å². The molecule has 1 fully saturated rings. The van der Waals surface area contributed by atoms with Crippen molar-refractivity contribution in [1.82, 2.24) is 10.9 Å². The molecule has 2 heterocycles. The van der Waals surface area contributed by atoms with Gasteiger partial charge in [-0.25, -0.2) is 10.3 Å². The van der Waals surface area contributed by atoms with Crippen LogP contribution in [0.3, 0.4) is 0 Å². The predicted octanol–water partition coefficient (Wildman–Crippen LogP) is 1.49. The average molecular weight is 363 g/mol. The smallest absolute Gasteiger partial charge is 0.265 e. The first-order valence-electron chi connectivity index (χ1n) is 8.40. The Kier molecular flexibility index (Phi) is 4.01. The highest BCUT2D eigenvalue weighted by atomic mass is 16.5. The van der Waals surface area contributed by atoms with Gasteiger partial charge in [-0.15, -0.1) is 0 Å². The van der Waals surface area contributed by atoms with E-state index < -0.39 is 17.9 Å². The Morgan fingerprint density at radius 2 is 1.70 bits per heavy atom. The summed E-state index contributed by atoms with van der Waals surface area (Å²) >= 11 is 0. The van der Waals surface area contributed by atoms with Gasteiger partial charge in [0.1, 0.15) is 17.5 Å². The van der Waals surface area contributed by atoms with Crippen LogP contribution in [0, 0.1) is 6.92 Å². The van der Waals surface area contributed by atoms with Gasteiger partial charge in [-0.3, -0.25) is 14.4 Å². The Morgan fingerprint density at radius 3 is 2.33 bits per heavy atom. The van der Waals surface area contributed by atoms with Crippen molar-refractivity contribution >= 4 is 23.3 Å². The Labute approximate surface area is 155 Å². The van der Waals surface area contributed by atoms with Crippen LogP contribution in [0.4, 0.5) is 5.69 Å². The molecule has 0 radical (unpaired) electrons. The summed E-state index contributed by atoms with van der Waals surface area (Å²) in [5, 5.41) is 0. The number of imide groups is 1. The van der Waals surface area contributed by atoms with Crippen LogP contribution >= 0.6 is 0 Å². The number of carbonyl (C=O) groups is 3. The van der Waals surface area contributed by atoms with Gasteiger partial charge in [0, 0.05) is 5.56 Å². The van der Waals surface area contributed by atoms with Crippen LogP contribution in [0.2, 0.25) is 0 Å². The number of hydrazine groups is 1. The number of ketones is 1. The summed E-state index contributed by atoms with van der Waals surface area (Å²) in [5.74, 6) is -0.654. The zero-order chi connectivity index (χ0) is 19.1. The van der Waals surface area contributed by atoms with Gasteiger partial charge in [0.2, 0.25) is 5.78 Å². The minimum Gasteiger partial charge on any atom is -0.497 e. The highest BCUT2D eigenvalue weighted by Gasteiger charge is 2.50. The second-order valence-electron chi connectivity index (χ2n) is 6.36. The number of aryl methyl sites for hydroxylation is 1. The van der Waals surface area contributed by atoms with Gasteiger partial charge in [0.25, 0.3) is 11.8 Å². The molecule has 2 aliphatic heterocycles. The highest BCUT2D eigenvalue weighted by Crippen LogP contribution is 2.31. The molecule has 2 amide bonds. The van der Waals surface area contributed by atoms with Crippen molar-refractivity contribution in [3.05, 3.63) is 70.9 Å². The molecule has 2 aliphatic rings. The third-order valence-corrected chi connectivity index (χ3v) is 4.67. The van der Waals surface area contributed by atoms with Crippen molar-refractivity contribution in [1.29, 1.82) is 0 Å². The molecule has 0 spiro atoms. The molecule has 1 atom stereocenters. The van der Waals surface area contributed by atoms with Crippen LogP contribution < -0.4 is 20.5 Å². The summed E-state index contributed by atoms with van der Waals surface area (Å²) in [7, 11) is 1.54. The molecule has 0 saturated carbocycles. The molecular weight excluding hydrogens is 346 g/mol. The van der Waals surface area contributed by atoms with Crippen molar-refractivity contribution in [2.45, 2.75) is 13.0 Å². The van der Waals surface area contributed by atoms with E-state index in [1.165, 1.54) is 7.11 Å². The number of nitrogens with zero attached hydrogens (tertiary/aromatic N) is 1. The fourth-order valence-electron chi connectivity index (χ4n) is 3.20. The molecule has 0 unspecified atom stereocenters. The first kappa shape index (κ1) is 17.0. The second kappa shape index (κ2) is 6.37. The number of Topliss-reactive ketones (excluding diaryl/α,β-unsaturated/α-hetero) is 1. The van der Waals surface area contributed by atoms with E-state index in [4.69, 9.17) is 4.74 Å². The van der Waals surface area contributed by atoms with Gasteiger partial charge in [-0.1, -0.05) is 17.7 Å². The summed E-state index contributed by atoms with van der Waals surface area (Å²) in [6, 6.07) is 12.8. The van der Waals surface area contributed by atoms with Gasteiger partial charge in [-0.2, -0.15) is 0 Å². The Bertz CT molecular complexity index is 977. The van der Waals surface area contributed by atoms with Crippen LogP contribution in [0.1, 0.15) is 15.9 Å². The molecule has 7 nitrogen and oxygen atoms in total. The van der Waals surface area contributed by atoms with E-state index >= 15 is 0 Å². The maximum absolute atomic E-state index is 12.9. The lowest BCUT2D eigenvalue weighted by Crippen LogP contribution is -2.42. The van der Waals surface area contributed by atoms with Crippen LogP contribution in [0.15, 0.2) is 59.8 Å². The molecule has 136 valence electrons. The second-order valence-corrected chi connectivity index (χ2v) is 6.36. The van der Waals surface area contributed by atoms with Gasteiger partial charge in [0.15, 0.2) is 0 Å². The van der Waals surface area contributed by atoms with E-state index in [1.807, 2.05) is 19.1 Å². The van der Waals surface area contributed by atoms with Gasteiger partial charge >= 0.3 is 0 Å². The van der Waals surface area contributed by atoms with Crippen LogP contribution in [0.5, 0.6) is 5.75 Å². The third-order valence-electron chi connectivity index (χ3n) is 4.67. The number of ether oxygens (including phenoxy) is 1. The van der Waals surface area contributed by atoms with Crippen molar-refractivity contribution in [3.8, 4) is 5.75 Å². The third kappa shape index (κ3) is 2.69. The fourth-order valence-corrected chi connectivity index (χ4v) is 3.20. The standard InChI is InChI=1S/C20H17N3O4/c1-11-3-7-13(8-4-11)23-19(25)15-16(21-22-17(15)20(23)26)18(24)12-5-9-14(27-2)10-6-12/h3-10,17,21-22H,1-2H3/t17-/m1/s1. The Hall–Kier alpha value is -3.45. The molecule has 0 aromatic heterocycles. The quantitative estimate of drug-likeness (QED) is 0.632. The number of methoxy groups -OCH3 is 1. The molecule has 2 aromatic rings. The normalized spacial score (nSPS) is 18.6. The highest BCUT2D eigenvalue weighted by molar-refractivity contribution is 6.33. The number of allylic oxidation sites excluding steroid dienone is 1. The number of fused-ring (bicyclic) bond motifs is 1. The summed E-state index contributed by atoms with van der Waals surface area (Å²) in [6.45, 7) is 1.92. The zero-order valence-electron chi connectivity index (χ0n) is 14.8. The molecule has 0 bridgehead atoms. The van der Waals surface area contributed by atoms with Crippen molar-refractivity contribution in [3.63, 3.8) is 0 Å². The summed E-state index contributed by atoms with van der Waals surface area (Å²) in [6.07, 6.45) is 0.